The Hall–Kier alpha value is -1.09. The number of ether oxygens (including phenoxy) is 1. The minimum absolute atomic E-state index is 0.120. The molecule has 1 rings (SSSR count). The third-order valence-corrected chi connectivity index (χ3v) is 2.62. The van der Waals surface area contributed by atoms with Crippen molar-refractivity contribution in [3.05, 3.63) is 29.6 Å². The monoisotopic (exact) mass is 258 g/mol. The van der Waals surface area contributed by atoms with Crippen molar-refractivity contribution in [3.8, 4) is 5.75 Å². The average Bonchev–Trinajstić information content (AvgIpc) is 2.28. The van der Waals surface area contributed by atoms with Crippen LogP contribution < -0.4 is 4.74 Å². The highest BCUT2D eigenvalue weighted by molar-refractivity contribution is 6.67. The molecule has 0 radical (unpaired) electrons. The molecule has 1 aromatic carbocycles. The molecule has 0 fully saturated rings. The maximum atomic E-state index is 13.3. The molecule has 0 heterocycles. The Morgan fingerprint density at radius 1 is 1.35 bits per heavy atom. The van der Waals surface area contributed by atoms with Crippen molar-refractivity contribution in [2.75, 3.05) is 6.61 Å². The van der Waals surface area contributed by atoms with Gasteiger partial charge in [0.2, 0.25) is 0 Å². The number of benzene rings is 1. The van der Waals surface area contributed by atoms with Gasteiger partial charge >= 0.3 is 0 Å². The van der Waals surface area contributed by atoms with Crippen molar-refractivity contribution in [2.45, 2.75) is 32.6 Å². The Balaban J connectivity index is 2.45. The van der Waals surface area contributed by atoms with Crippen molar-refractivity contribution in [2.24, 2.45) is 0 Å². The van der Waals surface area contributed by atoms with Crippen LogP contribution in [0.4, 0.5) is 4.39 Å². The van der Waals surface area contributed by atoms with Gasteiger partial charge in [-0.3, -0.25) is 4.79 Å². The van der Waals surface area contributed by atoms with Gasteiger partial charge in [-0.25, -0.2) is 4.39 Å². The number of unbranched alkanes of at least 4 members (excludes halogenated alkanes) is 3. The summed E-state index contributed by atoms with van der Waals surface area (Å²) in [4.78, 5) is 10.8. The van der Waals surface area contributed by atoms with Gasteiger partial charge in [0.25, 0.3) is 5.24 Å². The summed E-state index contributed by atoms with van der Waals surface area (Å²) in [6.07, 6.45) is 4.40. The second-order valence-electron chi connectivity index (χ2n) is 3.82. The first-order valence-electron chi connectivity index (χ1n) is 5.77. The molecule has 2 nitrogen and oxygen atoms in total. The summed E-state index contributed by atoms with van der Waals surface area (Å²) in [5.41, 5.74) is -0.120. The van der Waals surface area contributed by atoms with Gasteiger partial charge in [-0.05, 0) is 30.2 Å². The van der Waals surface area contributed by atoms with Crippen LogP contribution in [-0.2, 0) is 0 Å². The minimum atomic E-state index is -0.794. The molecule has 0 unspecified atom stereocenters. The minimum Gasteiger partial charge on any atom is -0.493 e. The van der Waals surface area contributed by atoms with Crippen molar-refractivity contribution in [1.29, 1.82) is 0 Å². The molecule has 0 aromatic heterocycles. The molecular weight excluding hydrogens is 243 g/mol. The Labute approximate surface area is 106 Å². The number of hydrogen-bond acceptors (Lipinski definition) is 2. The molecule has 94 valence electrons. The lowest BCUT2D eigenvalue weighted by Gasteiger charge is -2.06. The topological polar surface area (TPSA) is 26.3 Å². The summed E-state index contributed by atoms with van der Waals surface area (Å²) >= 11 is 5.20. The van der Waals surface area contributed by atoms with Gasteiger partial charge in [0, 0.05) is 6.07 Å². The van der Waals surface area contributed by atoms with E-state index in [4.69, 9.17) is 16.3 Å². The smallest absolute Gasteiger partial charge is 0.255 e. The van der Waals surface area contributed by atoms with Crippen molar-refractivity contribution in [3.63, 3.8) is 0 Å². The number of hydrogen-bond donors (Lipinski definition) is 0. The highest BCUT2D eigenvalue weighted by Crippen LogP contribution is 2.18. The Kier molecular flexibility index (Phi) is 5.98. The van der Waals surface area contributed by atoms with E-state index in [1.807, 2.05) is 0 Å². The van der Waals surface area contributed by atoms with Gasteiger partial charge < -0.3 is 4.74 Å². The first kappa shape index (κ1) is 14.0. The Bertz CT molecular complexity index is 380. The van der Waals surface area contributed by atoms with Gasteiger partial charge in [-0.2, -0.15) is 0 Å². The summed E-state index contributed by atoms with van der Waals surface area (Å²) < 4.78 is 18.7. The average molecular weight is 259 g/mol. The Morgan fingerprint density at radius 2 is 2.12 bits per heavy atom. The lowest BCUT2D eigenvalue weighted by atomic mass is 10.2. The van der Waals surface area contributed by atoms with Gasteiger partial charge in [-0.15, -0.1) is 0 Å². The lowest BCUT2D eigenvalue weighted by Crippen LogP contribution is -2.00. The van der Waals surface area contributed by atoms with Crippen LogP contribution in [0.5, 0.6) is 5.75 Å². The highest BCUT2D eigenvalue weighted by Gasteiger charge is 2.09. The molecule has 0 N–H and O–H groups in total. The van der Waals surface area contributed by atoms with E-state index < -0.39 is 11.1 Å². The SMILES string of the molecule is CCCCCCOc1ccc(C(=O)Cl)c(F)c1. The predicted octanol–water partition coefficient (Wildman–Crippen LogP) is 4.16. The molecule has 0 atom stereocenters. The zero-order chi connectivity index (χ0) is 12.7. The number of rotatable bonds is 7. The molecule has 0 saturated carbocycles. The van der Waals surface area contributed by atoms with Crippen molar-refractivity contribution >= 4 is 16.8 Å². The van der Waals surface area contributed by atoms with Crippen LogP contribution in [0.2, 0.25) is 0 Å². The Morgan fingerprint density at radius 3 is 2.71 bits per heavy atom. The van der Waals surface area contributed by atoms with Crippen molar-refractivity contribution < 1.29 is 13.9 Å². The third-order valence-electron chi connectivity index (χ3n) is 2.42. The van der Waals surface area contributed by atoms with E-state index in [-0.39, 0.29) is 5.56 Å². The fourth-order valence-corrected chi connectivity index (χ4v) is 1.62. The molecule has 0 bridgehead atoms. The normalized spacial score (nSPS) is 10.3. The van der Waals surface area contributed by atoms with E-state index in [2.05, 4.69) is 6.92 Å². The number of carbonyl (C=O) groups excluding carboxylic acids is 1. The van der Waals surface area contributed by atoms with Crippen molar-refractivity contribution in [1.82, 2.24) is 0 Å². The third kappa shape index (κ3) is 4.73. The van der Waals surface area contributed by atoms with E-state index >= 15 is 0 Å². The van der Waals surface area contributed by atoms with E-state index in [1.165, 1.54) is 25.0 Å². The van der Waals surface area contributed by atoms with E-state index in [0.29, 0.717) is 12.4 Å². The zero-order valence-corrected chi connectivity index (χ0v) is 10.6. The zero-order valence-electron chi connectivity index (χ0n) is 9.84. The summed E-state index contributed by atoms with van der Waals surface area (Å²) in [6, 6.07) is 4.08. The fourth-order valence-electron chi connectivity index (χ4n) is 1.46. The van der Waals surface area contributed by atoms with Crippen LogP contribution in [0.15, 0.2) is 18.2 Å². The van der Waals surface area contributed by atoms with Crippen LogP contribution in [0.1, 0.15) is 43.0 Å². The van der Waals surface area contributed by atoms with E-state index in [0.717, 1.165) is 12.8 Å². The molecule has 0 aliphatic carbocycles. The molecule has 1 aromatic rings. The van der Waals surface area contributed by atoms with E-state index in [9.17, 15) is 9.18 Å². The molecule has 0 spiro atoms. The lowest BCUT2D eigenvalue weighted by molar-refractivity contribution is 0.107. The second kappa shape index (κ2) is 7.28. The number of halogens is 2. The predicted molar refractivity (Wildman–Crippen MR) is 66.2 cm³/mol. The van der Waals surface area contributed by atoms with Gasteiger partial charge in [0.1, 0.15) is 11.6 Å². The van der Waals surface area contributed by atoms with E-state index in [1.54, 1.807) is 6.07 Å². The molecule has 17 heavy (non-hydrogen) atoms. The molecule has 0 aliphatic rings. The van der Waals surface area contributed by atoms with Crippen LogP contribution in [0.25, 0.3) is 0 Å². The number of carbonyl (C=O) groups is 1. The van der Waals surface area contributed by atoms with Gasteiger partial charge in [-0.1, -0.05) is 26.2 Å². The largest absolute Gasteiger partial charge is 0.493 e. The van der Waals surface area contributed by atoms with Gasteiger partial charge in [0.05, 0.1) is 12.2 Å². The second-order valence-corrected chi connectivity index (χ2v) is 4.17. The molecular formula is C13H16ClFO2. The first-order chi connectivity index (χ1) is 8.15. The molecule has 4 heteroatoms. The summed E-state index contributed by atoms with van der Waals surface area (Å²) in [6.45, 7) is 2.70. The first-order valence-corrected chi connectivity index (χ1v) is 6.15. The summed E-state index contributed by atoms with van der Waals surface area (Å²) in [7, 11) is 0. The standard InChI is InChI=1S/C13H16ClFO2/c1-2-3-4-5-8-17-10-6-7-11(13(14)16)12(15)9-10/h6-7,9H,2-5,8H2,1H3. The quantitative estimate of drug-likeness (QED) is 0.542. The maximum Gasteiger partial charge on any atom is 0.255 e. The molecule has 0 saturated heterocycles. The molecule has 0 aliphatic heterocycles. The molecule has 0 amide bonds. The van der Waals surface area contributed by atoms with Crippen LogP contribution >= 0.6 is 11.6 Å². The van der Waals surface area contributed by atoms with Crippen LogP contribution in [0.3, 0.4) is 0 Å². The highest BCUT2D eigenvalue weighted by atomic mass is 35.5. The fraction of sp³-hybridized carbons (Fsp3) is 0.462. The summed E-state index contributed by atoms with van der Waals surface area (Å²) in [5, 5.41) is -0.794. The van der Waals surface area contributed by atoms with Gasteiger partial charge in [0.15, 0.2) is 0 Å². The maximum absolute atomic E-state index is 13.3. The van der Waals surface area contributed by atoms with Crippen LogP contribution in [0, 0.1) is 5.82 Å². The summed E-state index contributed by atoms with van der Waals surface area (Å²) in [5.74, 6) is -0.211. The van der Waals surface area contributed by atoms with Crippen LogP contribution in [-0.4, -0.2) is 11.8 Å².